The minimum atomic E-state index is -2.31. The third-order valence-electron chi connectivity index (χ3n) is 5.29. The molecular formula is C23H23NO6. The molecule has 1 heterocycles. The highest BCUT2D eigenvalue weighted by Crippen LogP contribution is 2.39. The number of aliphatic hydroxyl groups excluding tert-OH is 3. The Balaban J connectivity index is 1.98. The number of terminal acetylenes is 1. The van der Waals surface area contributed by atoms with Gasteiger partial charge < -0.3 is 29.9 Å². The molecular weight excluding hydrogens is 386 g/mol. The Morgan fingerprint density at radius 2 is 1.83 bits per heavy atom. The molecule has 1 aliphatic rings. The van der Waals surface area contributed by atoms with E-state index in [0.717, 1.165) is 11.1 Å². The van der Waals surface area contributed by atoms with Crippen molar-refractivity contribution in [3.63, 3.8) is 0 Å². The van der Waals surface area contributed by atoms with Gasteiger partial charge in [-0.3, -0.25) is 0 Å². The van der Waals surface area contributed by atoms with Crippen LogP contribution in [-0.4, -0.2) is 52.0 Å². The van der Waals surface area contributed by atoms with Gasteiger partial charge in [0.25, 0.3) is 0 Å². The van der Waals surface area contributed by atoms with Crippen molar-refractivity contribution >= 4 is 0 Å². The third kappa shape index (κ3) is 4.03. The molecule has 1 aliphatic heterocycles. The van der Waals surface area contributed by atoms with E-state index >= 15 is 0 Å². The molecule has 5 atom stereocenters. The predicted molar refractivity (Wildman–Crippen MR) is 107 cm³/mol. The minimum absolute atomic E-state index is 0.167. The van der Waals surface area contributed by atoms with Crippen LogP contribution in [0.15, 0.2) is 42.5 Å². The molecule has 0 aliphatic carbocycles. The fourth-order valence-corrected chi connectivity index (χ4v) is 3.58. The van der Waals surface area contributed by atoms with Crippen LogP contribution in [0.3, 0.4) is 0 Å². The second-order valence-corrected chi connectivity index (χ2v) is 7.19. The molecule has 0 bridgehead atoms. The van der Waals surface area contributed by atoms with E-state index in [2.05, 4.69) is 5.92 Å². The molecule has 0 aromatic heterocycles. The lowest BCUT2D eigenvalue weighted by Crippen LogP contribution is -2.62. The molecule has 1 fully saturated rings. The normalized spacial score (nSPS) is 28.4. The van der Waals surface area contributed by atoms with Crippen LogP contribution >= 0.6 is 0 Å². The molecule has 2 aromatic rings. The molecule has 0 spiro atoms. The van der Waals surface area contributed by atoms with E-state index in [0.29, 0.717) is 17.7 Å². The lowest BCUT2D eigenvalue weighted by Gasteiger charge is -2.45. The highest BCUT2D eigenvalue weighted by atomic mass is 16.7. The average molecular weight is 409 g/mol. The summed E-state index contributed by atoms with van der Waals surface area (Å²) in [5.74, 6) is 0.803. The van der Waals surface area contributed by atoms with Gasteiger partial charge >= 0.3 is 0 Å². The van der Waals surface area contributed by atoms with E-state index in [9.17, 15) is 20.4 Å². The fraction of sp³-hybridized carbons (Fsp3) is 0.348. The van der Waals surface area contributed by atoms with Gasteiger partial charge in [0.2, 0.25) is 5.79 Å². The van der Waals surface area contributed by atoms with Gasteiger partial charge in [0.1, 0.15) is 30.2 Å². The summed E-state index contributed by atoms with van der Waals surface area (Å²) in [6, 6.07) is 14.0. The van der Waals surface area contributed by atoms with Gasteiger partial charge in [0.15, 0.2) is 0 Å². The number of nitriles is 1. The molecule has 0 unspecified atom stereocenters. The number of hydrogen-bond acceptors (Lipinski definition) is 7. The molecule has 7 heteroatoms. The zero-order valence-electron chi connectivity index (χ0n) is 16.4. The highest BCUT2D eigenvalue weighted by molar-refractivity contribution is 5.43. The number of ether oxygens (including phenoxy) is 2. The molecule has 2 aromatic carbocycles. The summed E-state index contributed by atoms with van der Waals surface area (Å²) in [6.45, 7) is 0. The van der Waals surface area contributed by atoms with Crippen molar-refractivity contribution in [3.05, 3.63) is 64.7 Å². The maximum absolute atomic E-state index is 11.1. The van der Waals surface area contributed by atoms with Crippen LogP contribution in [0.4, 0.5) is 0 Å². The SMILES string of the molecule is C#Cc1ccc(Cc2cc([C@]3(O)O[C@H](CC#N)[C@@H](O)[C@H](O)[C@H]3O)ccc2OC)cc1. The maximum Gasteiger partial charge on any atom is 0.222 e. The summed E-state index contributed by atoms with van der Waals surface area (Å²) in [6.07, 6.45) is -0.618. The first kappa shape index (κ1) is 21.8. The van der Waals surface area contributed by atoms with E-state index in [4.69, 9.17) is 21.2 Å². The van der Waals surface area contributed by atoms with Crippen LogP contribution in [0.2, 0.25) is 0 Å². The van der Waals surface area contributed by atoms with Crippen LogP contribution in [0.5, 0.6) is 5.75 Å². The molecule has 30 heavy (non-hydrogen) atoms. The summed E-state index contributed by atoms with van der Waals surface area (Å²) in [7, 11) is 1.52. The Morgan fingerprint density at radius 1 is 1.13 bits per heavy atom. The molecule has 0 radical (unpaired) electrons. The Labute approximate surface area is 174 Å². The number of hydrogen-bond donors (Lipinski definition) is 4. The Bertz CT molecular complexity index is 977. The van der Waals surface area contributed by atoms with Crippen LogP contribution in [0.1, 0.15) is 28.7 Å². The van der Waals surface area contributed by atoms with Crippen molar-refractivity contribution in [2.45, 2.75) is 43.0 Å². The van der Waals surface area contributed by atoms with E-state index in [1.54, 1.807) is 12.1 Å². The van der Waals surface area contributed by atoms with Crippen molar-refractivity contribution in [2.75, 3.05) is 7.11 Å². The molecule has 4 N–H and O–H groups in total. The minimum Gasteiger partial charge on any atom is -0.496 e. The van der Waals surface area contributed by atoms with E-state index in [1.165, 1.54) is 13.2 Å². The van der Waals surface area contributed by atoms with Crippen molar-refractivity contribution in [3.8, 4) is 24.2 Å². The van der Waals surface area contributed by atoms with E-state index in [-0.39, 0.29) is 12.0 Å². The standard InChI is InChI=1S/C23H23NO6/c1-3-14-4-6-15(7-5-14)12-16-13-17(8-9-18(16)29-2)23(28)22(27)21(26)20(25)19(30-23)10-11-24/h1,4-9,13,19-22,25-28H,10,12H2,2H3/t19-,20-,21+,22-,23+/m1/s1. The fourth-order valence-electron chi connectivity index (χ4n) is 3.58. The molecule has 1 saturated heterocycles. The first-order valence-electron chi connectivity index (χ1n) is 9.38. The summed E-state index contributed by atoms with van der Waals surface area (Å²) >= 11 is 0. The molecule has 0 saturated carbocycles. The summed E-state index contributed by atoms with van der Waals surface area (Å²) in [5, 5.41) is 50.8. The zero-order valence-corrected chi connectivity index (χ0v) is 16.4. The topological polar surface area (TPSA) is 123 Å². The van der Waals surface area contributed by atoms with Crippen LogP contribution < -0.4 is 4.74 Å². The van der Waals surface area contributed by atoms with Gasteiger partial charge in [-0.2, -0.15) is 5.26 Å². The second-order valence-electron chi connectivity index (χ2n) is 7.19. The number of methoxy groups -OCH3 is 1. The maximum atomic E-state index is 11.1. The lowest BCUT2D eigenvalue weighted by molar-refractivity contribution is -0.353. The highest BCUT2D eigenvalue weighted by Gasteiger charge is 2.53. The Hall–Kier alpha value is -2.91. The quantitative estimate of drug-likeness (QED) is 0.539. The van der Waals surface area contributed by atoms with Gasteiger partial charge in [-0.15, -0.1) is 6.42 Å². The van der Waals surface area contributed by atoms with E-state index in [1.807, 2.05) is 30.3 Å². The van der Waals surface area contributed by atoms with Crippen molar-refractivity contribution in [1.29, 1.82) is 5.26 Å². The van der Waals surface area contributed by atoms with Crippen molar-refractivity contribution < 1.29 is 29.9 Å². The molecule has 3 rings (SSSR count). The van der Waals surface area contributed by atoms with Gasteiger partial charge in [-0.1, -0.05) is 18.1 Å². The average Bonchev–Trinajstić information content (AvgIpc) is 2.76. The van der Waals surface area contributed by atoms with Crippen LogP contribution in [0, 0.1) is 23.7 Å². The summed E-state index contributed by atoms with van der Waals surface area (Å²) in [5.41, 5.74) is 2.56. The van der Waals surface area contributed by atoms with E-state index < -0.39 is 30.2 Å². The second kappa shape index (κ2) is 8.85. The Kier molecular flexibility index (Phi) is 6.42. The third-order valence-corrected chi connectivity index (χ3v) is 5.29. The number of aliphatic hydroxyl groups is 4. The predicted octanol–water partition coefficient (Wildman–Crippen LogP) is 0.808. The first-order valence-corrected chi connectivity index (χ1v) is 9.38. The largest absolute Gasteiger partial charge is 0.496 e. The zero-order chi connectivity index (χ0) is 21.9. The number of nitrogens with zero attached hydrogens (tertiary/aromatic N) is 1. The van der Waals surface area contributed by atoms with Crippen molar-refractivity contribution in [2.24, 2.45) is 0 Å². The van der Waals surface area contributed by atoms with Gasteiger partial charge in [-0.25, -0.2) is 0 Å². The van der Waals surface area contributed by atoms with Gasteiger partial charge in [0.05, 0.1) is 19.6 Å². The monoisotopic (exact) mass is 409 g/mol. The number of benzene rings is 2. The first-order chi connectivity index (χ1) is 14.3. The summed E-state index contributed by atoms with van der Waals surface area (Å²) < 4.78 is 10.9. The van der Waals surface area contributed by atoms with Crippen LogP contribution in [-0.2, 0) is 16.9 Å². The van der Waals surface area contributed by atoms with Crippen molar-refractivity contribution in [1.82, 2.24) is 0 Å². The van der Waals surface area contributed by atoms with Gasteiger partial charge in [-0.05, 0) is 41.5 Å². The molecule has 156 valence electrons. The number of rotatable bonds is 5. The smallest absolute Gasteiger partial charge is 0.222 e. The molecule has 7 nitrogen and oxygen atoms in total. The van der Waals surface area contributed by atoms with Crippen LogP contribution in [0.25, 0.3) is 0 Å². The Morgan fingerprint density at radius 3 is 2.43 bits per heavy atom. The molecule has 0 amide bonds. The summed E-state index contributed by atoms with van der Waals surface area (Å²) in [4.78, 5) is 0. The van der Waals surface area contributed by atoms with Gasteiger partial charge in [0, 0.05) is 17.5 Å². The lowest BCUT2D eigenvalue weighted by atomic mass is 9.86.